The minimum absolute atomic E-state index is 0.0762. The summed E-state index contributed by atoms with van der Waals surface area (Å²) in [4.78, 5) is 18.7. The molecule has 1 aliphatic heterocycles. The van der Waals surface area contributed by atoms with Crippen molar-refractivity contribution in [1.29, 1.82) is 0 Å². The second-order valence-corrected chi connectivity index (χ2v) is 5.51. The third-order valence-electron chi connectivity index (χ3n) is 3.77. The summed E-state index contributed by atoms with van der Waals surface area (Å²) < 4.78 is 0. The highest BCUT2D eigenvalue weighted by atomic mass is 16.2. The number of nitrogens with zero attached hydrogens (tertiary/aromatic N) is 3. The Bertz CT molecular complexity index is 270. The third kappa shape index (κ3) is 5.37. The summed E-state index contributed by atoms with van der Waals surface area (Å²) in [7, 11) is 4.09. The lowest BCUT2D eigenvalue weighted by atomic mass is 10.2. The molecule has 0 spiro atoms. The van der Waals surface area contributed by atoms with Crippen molar-refractivity contribution < 1.29 is 4.79 Å². The molecule has 1 N–H and O–H groups in total. The van der Waals surface area contributed by atoms with Crippen LogP contribution in [0.25, 0.3) is 0 Å². The summed E-state index contributed by atoms with van der Waals surface area (Å²) >= 11 is 0. The molecule has 1 fully saturated rings. The van der Waals surface area contributed by atoms with Gasteiger partial charge in [0.15, 0.2) is 0 Å². The van der Waals surface area contributed by atoms with Gasteiger partial charge in [0.25, 0.3) is 0 Å². The average Bonchev–Trinajstić information content (AvgIpc) is 2.81. The normalized spacial score (nSPS) is 19.9. The molecule has 0 aromatic carbocycles. The van der Waals surface area contributed by atoms with Gasteiger partial charge in [0, 0.05) is 32.2 Å². The maximum atomic E-state index is 12.1. The zero-order chi connectivity index (χ0) is 14.3. The van der Waals surface area contributed by atoms with Gasteiger partial charge in [-0.1, -0.05) is 6.92 Å². The summed E-state index contributed by atoms with van der Waals surface area (Å²) in [6.07, 6.45) is 2.47. The molecule has 112 valence electrons. The molecule has 0 saturated carbocycles. The first-order valence-corrected chi connectivity index (χ1v) is 7.50. The Balaban J connectivity index is 2.54. The van der Waals surface area contributed by atoms with E-state index in [0.717, 1.165) is 26.2 Å². The Morgan fingerprint density at radius 2 is 2.05 bits per heavy atom. The summed E-state index contributed by atoms with van der Waals surface area (Å²) in [6.45, 7) is 9.69. The number of rotatable bonds is 7. The van der Waals surface area contributed by atoms with Crippen molar-refractivity contribution in [2.45, 2.75) is 32.7 Å². The number of urea groups is 1. The standard InChI is InChI=1S/C14H30N4O/c1-5-15-14(19)18(11-10-16(3)4)12-13-8-7-9-17(13)6-2/h13H,5-12H2,1-4H3,(H,15,19). The van der Waals surface area contributed by atoms with E-state index < -0.39 is 0 Å². The second kappa shape index (κ2) is 8.38. The smallest absolute Gasteiger partial charge is 0.317 e. The van der Waals surface area contributed by atoms with Crippen molar-refractivity contribution in [1.82, 2.24) is 20.0 Å². The van der Waals surface area contributed by atoms with E-state index in [-0.39, 0.29) is 6.03 Å². The number of likely N-dealkylation sites (N-methyl/N-ethyl adjacent to an activating group) is 2. The summed E-state index contributed by atoms with van der Waals surface area (Å²) in [6, 6.07) is 0.613. The van der Waals surface area contributed by atoms with Gasteiger partial charge in [-0.25, -0.2) is 4.79 Å². The molecule has 0 aliphatic carbocycles. The molecule has 5 heteroatoms. The number of hydrogen-bond donors (Lipinski definition) is 1. The Morgan fingerprint density at radius 3 is 2.63 bits per heavy atom. The number of carbonyl (C=O) groups is 1. The highest BCUT2D eigenvalue weighted by Gasteiger charge is 2.26. The van der Waals surface area contributed by atoms with Gasteiger partial charge in [-0.3, -0.25) is 4.90 Å². The van der Waals surface area contributed by atoms with E-state index in [1.165, 1.54) is 19.4 Å². The van der Waals surface area contributed by atoms with E-state index in [4.69, 9.17) is 0 Å². The monoisotopic (exact) mass is 270 g/mol. The van der Waals surface area contributed by atoms with Gasteiger partial charge in [0.05, 0.1) is 0 Å². The summed E-state index contributed by atoms with van der Waals surface area (Å²) in [5.74, 6) is 0. The molecule has 0 radical (unpaired) electrons. The Kier molecular flexibility index (Phi) is 7.16. The van der Waals surface area contributed by atoms with Crippen LogP contribution in [-0.2, 0) is 0 Å². The van der Waals surface area contributed by atoms with E-state index in [1.54, 1.807) is 0 Å². The van der Waals surface area contributed by atoms with Gasteiger partial charge >= 0.3 is 6.03 Å². The fourth-order valence-electron chi connectivity index (χ4n) is 2.63. The maximum Gasteiger partial charge on any atom is 0.317 e. The molecular weight excluding hydrogens is 240 g/mol. The largest absolute Gasteiger partial charge is 0.338 e. The molecule has 1 aliphatic rings. The highest BCUT2D eigenvalue weighted by molar-refractivity contribution is 5.74. The van der Waals surface area contributed by atoms with E-state index in [2.05, 4.69) is 22.0 Å². The quantitative estimate of drug-likeness (QED) is 0.752. The molecule has 19 heavy (non-hydrogen) atoms. The minimum atomic E-state index is 0.0762. The fourth-order valence-corrected chi connectivity index (χ4v) is 2.63. The summed E-state index contributed by atoms with van der Waals surface area (Å²) in [5, 5.41) is 2.93. The predicted molar refractivity (Wildman–Crippen MR) is 79.5 cm³/mol. The molecule has 0 aromatic rings. The Morgan fingerprint density at radius 1 is 1.32 bits per heavy atom. The summed E-state index contributed by atoms with van der Waals surface area (Å²) in [5.41, 5.74) is 0. The topological polar surface area (TPSA) is 38.8 Å². The van der Waals surface area contributed by atoms with E-state index in [1.807, 2.05) is 25.9 Å². The molecule has 1 unspecified atom stereocenters. The first-order chi connectivity index (χ1) is 9.08. The van der Waals surface area contributed by atoms with Crippen LogP contribution in [0.4, 0.5) is 4.79 Å². The first kappa shape index (κ1) is 16.2. The van der Waals surface area contributed by atoms with Gasteiger partial charge in [0.1, 0.15) is 0 Å². The van der Waals surface area contributed by atoms with Crippen molar-refractivity contribution in [3.8, 4) is 0 Å². The Labute approximate surface area is 117 Å². The zero-order valence-electron chi connectivity index (χ0n) is 13.0. The minimum Gasteiger partial charge on any atom is -0.338 e. The lowest BCUT2D eigenvalue weighted by Gasteiger charge is -2.31. The Hall–Kier alpha value is -0.810. The fraction of sp³-hybridized carbons (Fsp3) is 0.929. The van der Waals surface area contributed by atoms with E-state index >= 15 is 0 Å². The van der Waals surface area contributed by atoms with Crippen LogP contribution < -0.4 is 5.32 Å². The van der Waals surface area contributed by atoms with E-state index in [9.17, 15) is 4.79 Å². The van der Waals surface area contributed by atoms with Gasteiger partial charge in [-0.15, -0.1) is 0 Å². The first-order valence-electron chi connectivity index (χ1n) is 7.50. The van der Waals surface area contributed by atoms with Crippen molar-refractivity contribution in [2.75, 3.05) is 53.4 Å². The van der Waals surface area contributed by atoms with Crippen molar-refractivity contribution >= 4 is 6.03 Å². The van der Waals surface area contributed by atoms with Gasteiger partial charge < -0.3 is 15.1 Å². The van der Waals surface area contributed by atoms with Crippen molar-refractivity contribution in [3.05, 3.63) is 0 Å². The molecule has 1 atom stereocenters. The molecular formula is C14H30N4O. The number of carbonyl (C=O) groups excluding carboxylic acids is 1. The molecule has 2 amide bonds. The van der Waals surface area contributed by atoms with Gasteiger partial charge in [0.2, 0.25) is 0 Å². The van der Waals surface area contributed by atoms with Crippen LogP contribution in [0.5, 0.6) is 0 Å². The lowest BCUT2D eigenvalue weighted by molar-refractivity contribution is 0.162. The molecule has 1 heterocycles. The van der Waals surface area contributed by atoms with Gasteiger partial charge in [-0.05, 0) is 47.0 Å². The molecule has 1 rings (SSSR count). The van der Waals surface area contributed by atoms with Crippen LogP contribution in [0, 0.1) is 0 Å². The average molecular weight is 270 g/mol. The predicted octanol–water partition coefficient (Wildman–Crippen LogP) is 1.06. The van der Waals surface area contributed by atoms with Crippen LogP contribution in [0.15, 0.2) is 0 Å². The second-order valence-electron chi connectivity index (χ2n) is 5.51. The number of nitrogens with one attached hydrogen (secondary N) is 1. The number of likely N-dealkylation sites (tertiary alicyclic amines) is 1. The molecule has 0 bridgehead atoms. The number of amides is 2. The highest BCUT2D eigenvalue weighted by Crippen LogP contribution is 2.17. The van der Waals surface area contributed by atoms with Crippen LogP contribution in [0.1, 0.15) is 26.7 Å². The maximum absolute atomic E-state index is 12.1. The van der Waals surface area contributed by atoms with Crippen LogP contribution >= 0.6 is 0 Å². The van der Waals surface area contributed by atoms with Crippen LogP contribution in [0.2, 0.25) is 0 Å². The van der Waals surface area contributed by atoms with Gasteiger partial charge in [-0.2, -0.15) is 0 Å². The molecule has 0 aromatic heterocycles. The van der Waals surface area contributed by atoms with Crippen LogP contribution in [0.3, 0.4) is 0 Å². The molecule has 5 nitrogen and oxygen atoms in total. The van der Waals surface area contributed by atoms with Crippen molar-refractivity contribution in [3.63, 3.8) is 0 Å². The number of hydrogen-bond acceptors (Lipinski definition) is 3. The zero-order valence-corrected chi connectivity index (χ0v) is 13.0. The van der Waals surface area contributed by atoms with E-state index in [0.29, 0.717) is 12.6 Å². The van der Waals surface area contributed by atoms with Crippen molar-refractivity contribution in [2.24, 2.45) is 0 Å². The third-order valence-corrected chi connectivity index (χ3v) is 3.77. The lowest BCUT2D eigenvalue weighted by Crippen LogP contribution is -2.48. The van der Waals surface area contributed by atoms with Crippen LogP contribution in [-0.4, -0.2) is 80.1 Å². The molecule has 1 saturated heterocycles. The SMILES string of the molecule is CCNC(=O)N(CCN(C)C)CC1CCCN1CC.